The minimum atomic E-state index is 0.391. The van der Waals surface area contributed by atoms with Gasteiger partial charge in [0.1, 0.15) is 24.1 Å². The van der Waals surface area contributed by atoms with Gasteiger partial charge in [0.25, 0.3) is 0 Å². The zero-order valence-corrected chi connectivity index (χ0v) is 12.2. The molecule has 108 valence electrons. The molecule has 0 spiro atoms. The lowest BCUT2D eigenvalue weighted by atomic mass is 10.2. The molecule has 0 unspecified atom stereocenters. The van der Waals surface area contributed by atoms with Crippen LogP contribution in [0.4, 0.5) is 0 Å². The van der Waals surface area contributed by atoms with Gasteiger partial charge in [-0.1, -0.05) is 13.8 Å². The van der Waals surface area contributed by atoms with Crippen LogP contribution in [-0.2, 0) is 13.2 Å². The van der Waals surface area contributed by atoms with Gasteiger partial charge in [-0.15, -0.1) is 0 Å². The Bertz CT molecular complexity index is 617. The number of rotatable bonds is 6. The Morgan fingerprint density at radius 2 is 2.14 bits per heavy atom. The highest BCUT2D eigenvalue weighted by Crippen LogP contribution is 2.12. The zero-order valence-electron chi connectivity index (χ0n) is 12.2. The molecule has 0 aliphatic carbocycles. The number of nitrogens with one attached hydrogen (secondary N) is 1. The summed E-state index contributed by atoms with van der Waals surface area (Å²) in [6.07, 6.45) is 3.32. The van der Waals surface area contributed by atoms with E-state index >= 15 is 0 Å². The molecule has 5 nitrogen and oxygen atoms in total. The van der Waals surface area contributed by atoms with Crippen molar-refractivity contribution in [1.82, 2.24) is 15.3 Å². The van der Waals surface area contributed by atoms with Gasteiger partial charge in [0.05, 0.1) is 11.9 Å². The van der Waals surface area contributed by atoms with E-state index in [0.717, 1.165) is 17.8 Å². The molecule has 2 aromatic heterocycles. The van der Waals surface area contributed by atoms with Crippen molar-refractivity contribution in [2.24, 2.45) is 0 Å². The van der Waals surface area contributed by atoms with E-state index < -0.39 is 0 Å². The summed E-state index contributed by atoms with van der Waals surface area (Å²) in [5.41, 5.74) is 2.28. The Balaban J connectivity index is 1.90. The van der Waals surface area contributed by atoms with Crippen LogP contribution >= 0.6 is 0 Å². The molecule has 0 amide bonds. The Kier molecular flexibility index (Phi) is 5.24. The second kappa shape index (κ2) is 7.36. The van der Waals surface area contributed by atoms with Gasteiger partial charge in [0.2, 0.25) is 0 Å². The standard InChI is InChI=1S/C16H18N4O/c1-12(2)19-9-14-3-4-16(10-20-14)21-11-13-5-6-18-15(7-13)8-17/h3-7,10,12,19H,9,11H2,1-2H3. The summed E-state index contributed by atoms with van der Waals surface area (Å²) < 4.78 is 5.65. The van der Waals surface area contributed by atoms with Crippen molar-refractivity contribution in [3.8, 4) is 11.8 Å². The monoisotopic (exact) mass is 282 g/mol. The fourth-order valence-corrected chi connectivity index (χ4v) is 1.70. The average Bonchev–Trinajstić information content (AvgIpc) is 2.52. The van der Waals surface area contributed by atoms with Crippen LogP contribution in [0, 0.1) is 11.3 Å². The Morgan fingerprint density at radius 1 is 1.29 bits per heavy atom. The van der Waals surface area contributed by atoms with E-state index in [1.807, 2.05) is 24.3 Å². The molecule has 0 fully saturated rings. The predicted molar refractivity (Wildman–Crippen MR) is 79.5 cm³/mol. The summed E-state index contributed by atoms with van der Waals surface area (Å²) in [4.78, 5) is 8.27. The van der Waals surface area contributed by atoms with E-state index in [1.165, 1.54) is 0 Å². The third-order valence-electron chi connectivity index (χ3n) is 2.83. The third kappa shape index (κ3) is 4.86. The minimum absolute atomic E-state index is 0.391. The van der Waals surface area contributed by atoms with Gasteiger partial charge in [-0.05, 0) is 29.8 Å². The molecule has 0 saturated carbocycles. The van der Waals surface area contributed by atoms with E-state index in [4.69, 9.17) is 10.00 Å². The summed E-state index contributed by atoms with van der Waals surface area (Å²) in [6.45, 7) is 5.33. The first-order valence-corrected chi connectivity index (χ1v) is 6.83. The van der Waals surface area contributed by atoms with Gasteiger partial charge < -0.3 is 10.1 Å². The number of ether oxygens (including phenoxy) is 1. The second-order valence-corrected chi connectivity index (χ2v) is 4.97. The number of nitriles is 1. The molecule has 0 aromatic carbocycles. The lowest BCUT2D eigenvalue weighted by molar-refractivity contribution is 0.304. The Hall–Kier alpha value is -2.45. The van der Waals surface area contributed by atoms with Gasteiger partial charge >= 0.3 is 0 Å². The molecule has 0 aliphatic heterocycles. The molecule has 2 heterocycles. The quantitative estimate of drug-likeness (QED) is 0.881. The van der Waals surface area contributed by atoms with Crippen molar-refractivity contribution in [2.45, 2.75) is 33.0 Å². The first kappa shape index (κ1) is 14.9. The van der Waals surface area contributed by atoms with Crippen LogP contribution in [0.1, 0.15) is 30.8 Å². The normalized spacial score (nSPS) is 10.4. The summed E-state index contributed by atoms with van der Waals surface area (Å²) >= 11 is 0. The van der Waals surface area contributed by atoms with Crippen LogP contribution in [0.2, 0.25) is 0 Å². The van der Waals surface area contributed by atoms with Crippen molar-refractivity contribution in [3.05, 3.63) is 53.6 Å². The van der Waals surface area contributed by atoms with E-state index in [2.05, 4.69) is 29.1 Å². The molecule has 0 radical (unpaired) electrons. The largest absolute Gasteiger partial charge is 0.487 e. The van der Waals surface area contributed by atoms with Crippen molar-refractivity contribution in [2.75, 3.05) is 0 Å². The van der Waals surface area contributed by atoms with E-state index in [1.54, 1.807) is 18.5 Å². The van der Waals surface area contributed by atoms with E-state index in [9.17, 15) is 0 Å². The number of aromatic nitrogens is 2. The van der Waals surface area contributed by atoms with Crippen molar-refractivity contribution in [3.63, 3.8) is 0 Å². The molecule has 0 atom stereocenters. The summed E-state index contributed by atoms with van der Waals surface area (Å²) in [5.74, 6) is 0.707. The van der Waals surface area contributed by atoms with Gasteiger partial charge in [0, 0.05) is 18.8 Å². The first-order chi connectivity index (χ1) is 10.2. The average molecular weight is 282 g/mol. The molecule has 5 heteroatoms. The summed E-state index contributed by atoms with van der Waals surface area (Å²) in [7, 11) is 0. The van der Waals surface area contributed by atoms with Crippen molar-refractivity contribution < 1.29 is 4.74 Å². The van der Waals surface area contributed by atoms with Crippen LogP contribution in [0.15, 0.2) is 36.7 Å². The van der Waals surface area contributed by atoms with Crippen LogP contribution in [0.5, 0.6) is 5.75 Å². The van der Waals surface area contributed by atoms with Crippen LogP contribution < -0.4 is 10.1 Å². The van der Waals surface area contributed by atoms with Gasteiger partial charge in [-0.3, -0.25) is 4.98 Å². The molecule has 0 bridgehead atoms. The van der Waals surface area contributed by atoms with Gasteiger partial charge in [0.15, 0.2) is 0 Å². The molecule has 0 saturated heterocycles. The smallest absolute Gasteiger partial charge is 0.140 e. The Morgan fingerprint density at radius 3 is 2.81 bits per heavy atom. The highest BCUT2D eigenvalue weighted by Gasteiger charge is 2.01. The highest BCUT2D eigenvalue weighted by molar-refractivity contribution is 5.26. The van der Waals surface area contributed by atoms with Crippen molar-refractivity contribution in [1.29, 1.82) is 5.26 Å². The first-order valence-electron chi connectivity index (χ1n) is 6.83. The van der Waals surface area contributed by atoms with Crippen molar-refractivity contribution >= 4 is 0 Å². The second-order valence-electron chi connectivity index (χ2n) is 4.97. The summed E-state index contributed by atoms with van der Waals surface area (Å²) in [6, 6.07) is 9.83. The van der Waals surface area contributed by atoms with Crippen LogP contribution in [0.25, 0.3) is 0 Å². The number of nitrogens with zero attached hydrogens (tertiary/aromatic N) is 3. The lowest BCUT2D eigenvalue weighted by Gasteiger charge is -2.09. The predicted octanol–water partition coefficient (Wildman–Crippen LogP) is 2.43. The molecule has 1 N–H and O–H groups in total. The highest BCUT2D eigenvalue weighted by atomic mass is 16.5. The van der Waals surface area contributed by atoms with E-state index in [-0.39, 0.29) is 0 Å². The van der Waals surface area contributed by atoms with Crippen LogP contribution in [-0.4, -0.2) is 16.0 Å². The van der Waals surface area contributed by atoms with Crippen LogP contribution in [0.3, 0.4) is 0 Å². The third-order valence-corrected chi connectivity index (χ3v) is 2.83. The number of hydrogen-bond donors (Lipinski definition) is 1. The maximum absolute atomic E-state index is 8.80. The number of hydrogen-bond acceptors (Lipinski definition) is 5. The van der Waals surface area contributed by atoms with Gasteiger partial charge in [-0.2, -0.15) is 5.26 Å². The molecule has 0 aliphatic rings. The fraction of sp³-hybridized carbons (Fsp3) is 0.312. The minimum Gasteiger partial charge on any atom is -0.487 e. The Labute approximate surface area is 124 Å². The molecule has 2 rings (SSSR count). The molecular weight excluding hydrogens is 264 g/mol. The molecular formula is C16H18N4O. The number of pyridine rings is 2. The fourth-order valence-electron chi connectivity index (χ4n) is 1.70. The summed E-state index contributed by atoms with van der Waals surface area (Å²) in [5, 5.41) is 12.1. The SMILES string of the molecule is CC(C)NCc1ccc(OCc2ccnc(C#N)c2)cn1. The molecule has 21 heavy (non-hydrogen) atoms. The molecule has 2 aromatic rings. The maximum atomic E-state index is 8.80. The van der Waals surface area contributed by atoms with E-state index in [0.29, 0.717) is 24.1 Å². The topological polar surface area (TPSA) is 70.8 Å². The van der Waals surface area contributed by atoms with Gasteiger partial charge in [-0.25, -0.2) is 4.98 Å². The lowest BCUT2D eigenvalue weighted by Crippen LogP contribution is -2.22. The zero-order chi connectivity index (χ0) is 15.1. The maximum Gasteiger partial charge on any atom is 0.140 e.